The molecular weight excluding hydrogens is 550 g/mol. The summed E-state index contributed by atoms with van der Waals surface area (Å²) in [6.45, 7) is 3.85. The lowest BCUT2D eigenvalue weighted by Gasteiger charge is -2.24. The smallest absolute Gasteiger partial charge is 0.260 e. The van der Waals surface area contributed by atoms with Gasteiger partial charge in [-0.15, -0.1) is 0 Å². The summed E-state index contributed by atoms with van der Waals surface area (Å²) in [7, 11) is -0.761. The van der Waals surface area contributed by atoms with Gasteiger partial charge in [0.1, 0.15) is 0 Å². The first kappa shape index (κ1) is 28.9. The van der Waals surface area contributed by atoms with Crippen molar-refractivity contribution in [3.8, 4) is 0 Å². The zero-order valence-electron chi connectivity index (χ0n) is 21.7. The molecule has 9 nitrogen and oxygen atoms in total. The van der Waals surface area contributed by atoms with Gasteiger partial charge in [0.15, 0.2) is 5.13 Å². The summed E-state index contributed by atoms with van der Waals surface area (Å²) in [5, 5.41) is 1.16. The van der Waals surface area contributed by atoms with Crippen LogP contribution < -0.4 is 4.90 Å². The lowest BCUT2D eigenvalue weighted by atomic mass is 10.2. The second-order valence-electron chi connectivity index (χ2n) is 9.03. The van der Waals surface area contributed by atoms with E-state index in [1.165, 1.54) is 54.1 Å². The van der Waals surface area contributed by atoms with Crippen LogP contribution in [0, 0.1) is 6.92 Å². The number of methoxy groups -OCH3 is 2. The highest BCUT2D eigenvalue weighted by Crippen LogP contribution is 2.34. The lowest BCUT2D eigenvalue weighted by molar-refractivity contribution is 0.0917. The van der Waals surface area contributed by atoms with Crippen LogP contribution in [0.25, 0.3) is 10.2 Å². The maximum Gasteiger partial charge on any atom is 0.260 e. The summed E-state index contributed by atoms with van der Waals surface area (Å²) in [5.41, 5.74) is 2.09. The quantitative estimate of drug-likeness (QED) is 0.313. The Bertz CT molecular complexity index is 1350. The molecule has 0 N–H and O–H groups in total. The van der Waals surface area contributed by atoms with Gasteiger partial charge in [-0.1, -0.05) is 22.9 Å². The van der Waals surface area contributed by atoms with E-state index in [0.717, 1.165) is 28.6 Å². The number of carbonyl (C=O) groups excluding carboxylic acids is 1. The van der Waals surface area contributed by atoms with Crippen molar-refractivity contribution in [2.24, 2.45) is 0 Å². The molecule has 1 aliphatic heterocycles. The lowest BCUT2D eigenvalue weighted by Crippen LogP contribution is -2.38. The van der Waals surface area contributed by atoms with Crippen LogP contribution in [0.1, 0.15) is 28.8 Å². The fourth-order valence-electron chi connectivity index (χ4n) is 4.31. The predicted octanol–water partition coefficient (Wildman–Crippen LogP) is 4.37. The number of carbonyl (C=O) groups is 1. The summed E-state index contributed by atoms with van der Waals surface area (Å²) in [6.07, 6.45) is 1.71. The van der Waals surface area contributed by atoms with Gasteiger partial charge < -0.3 is 14.2 Å². The Hall–Kier alpha value is -2.12. The minimum absolute atomic E-state index is 0.0922. The Labute approximate surface area is 232 Å². The van der Waals surface area contributed by atoms with Crippen molar-refractivity contribution in [1.29, 1.82) is 0 Å². The van der Waals surface area contributed by atoms with Gasteiger partial charge >= 0.3 is 0 Å². The second-order valence-corrected chi connectivity index (χ2v) is 12.4. The Morgan fingerprint density at radius 3 is 2.45 bits per heavy atom. The molecule has 1 amide bonds. The number of benzene rings is 2. The third kappa shape index (κ3) is 6.53. The van der Waals surface area contributed by atoms with Crippen molar-refractivity contribution < 1.29 is 27.4 Å². The number of aromatic nitrogens is 1. The van der Waals surface area contributed by atoms with E-state index in [2.05, 4.69) is 0 Å². The van der Waals surface area contributed by atoms with E-state index in [4.69, 9.17) is 30.8 Å². The number of ether oxygens (including phenoxy) is 3. The van der Waals surface area contributed by atoms with Gasteiger partial charge in [-0.05, 0) is 61.7 Å². The SMILES string of the molecule is COCCN(CCOC)S(=O)(=O)c1ccc(C(=O)N(CC2CCCO2)c2nc3c(C)cc(Cl)cc3s2)cc1. The molecule has 12 heteroatoms. The molecule has 0 bridgehead atoms. The maximum atomic E-state index is 13.8. The van der Waals surface area contributed by atoms with Crippen molar-refractivity contribution in [2.45, 2.75) is 30.8 Å². The molecule has 1 unspecified atom stereocenters. The number of sulfonamides is 1. The highest BCUT2D eigenvalue weighted by Gasteiger charge is 2.29. The normalized spacial score (nSPS) is 16.0. The molecule has 0 radical (unpaired) electrons. The molecule has 2 aromatic carbocycles. The minimum Gasteiger partial charge on any atom is -0.383 e. The summed E-state index contributed by atoms with van der Waals surface area (Å²) in [5.74, 6) is -0.275. The third-order valence-electron chi connectivity index (χ3n) is 6.35. The van der Waals surface area contributed by atoms with Crippen molar-refractivity contribution in [3.63, 3.8) is 0 Å². The first-order valence-electron chi connectivity index (χ1n) is 12.3. The molecule has 0 spiro atoms. The number of nitrogens with zero attached hydrogens (tertiary/aromatic N) is 3. The largest absolute Gasteiger partial charge is 0.383 e. The van der Waals surface area contributed by atoms with Gasteiger partial charge in [-0.3, -0.25) is 9.69 Å². The number of aryl methyl sites for hydroxylation is 1. The zero-order chi connectivity index (χ0) is 27.3. The standard InChI is InChI=1S/C26H32ClN3O6S2/c1-18-15-20(27)16-23-24(18)28-26(37-23)30(17-21-5-4-12-36-21)25(31)19-6-8-22(9-7-19)38(32,33)29(10-13-34-2)11-14-35-3/h6-9,15-16,21H,4-5,10-14,17H2,1-3H3. The molecule has 1 fully saturated rings. The molecule has 2 heterocycles. The van der Waals surface area contributed by atoms with Crippen molar-refractivity contribution in [1.82, 2.24) is 9.29 Å². The van der Waals surface area contributed by atoms with Gasteiger partial charge in [-0.2, -0.15) is 4.31 Å². The number of hydrogen-bond acceptors (Lipinski definition) is 8. The molecule has 1 aromatic heterocycles. The Morgan fingerprint density at radius 2 is 1.84 bits per heavy atom. The minimum atomic E-state index is -3.80. The van der Waals surface area contributed by atoms with Crippen LogP contribution in [0.4, 0.5) is 5.13 Å². The molecule has 206 valence electrons. The predicted molar refractivity (Wildman–Crippen MR) is 149 cm³/mol. The van der Waals surface area contributed by atoms with Gasteiger partial charge in [0.05, 0.1) is 41.0 Å². The number of amides is 1. The third-order valence-corrected chi connectivity index (χ3v) is 9.51. The summed E-state index contributed by atoms with van der Waals surface area (Å²) < 4.78 is 44.7. The molecule has 38 heavy (non-hydrogen) atoms. The molecule has 1 atom stereocenters. The Morgan fingerprint density at radius 1 is 1.16 bits per heavy atom. The first-order chi connectivity index (χ1) is 18.2. The molecule has 1 aliphatic rings. The highest BCUT2D eigenvalue weighted by atomic mass is 35.5. The highest BCUT2D eigenvalue weighted by molar-refractivity contribution is 7.89. The average Bonchev–Trinajstić information content (AvgIpc) is 3.57. The monoisotopic (exact) mass is 581 g/mol. The molecule has 4 rings (SSSR count). The number of hydrogen-bond donors (Lipinski definition) is 0. The first-order valence-corrected chi connectivity index (χ1v) is 15.0. The number of fused-ring (bicyclic) bond motifs is 1. The average molecular weight is 582 g/mol. The van der Waals surface area contributed by atoms with Gasteiger partial charge in [0, 0.05) is 44.5 Å². The van der Waals surface area contributed by atoms with E-state index in [0.29, 0.717) is 28.9 Å². The van der Waals surface area contributed by atoms with Crippen LogP contribution in [0.15, 0.2) is 41.3 Å². The maximum absolute atomic E-state index is 13.8. The van der Waals surface area contributed by atoms with Crippen molar-refractivity contribution in [2.75, 3.05) is 58.6 Å². The van der Waals surface area contributed by atoms with Crippen LogP contribution in [-0.4, -0.2) is 83.4 Å². The van der Waals surface area contributed by atoms with Gasteiger partial charge in [0.25, 0.3) is 5.91 Å². The molecule has 3 aromatic rings. The fourth-order valence-corrected chi connectivity index (χ4v) is 7.15. The number of rotatable bonds is 12. The molecular formula is C26H32ClN3O6S2. The van der Waals surface area contributed by atoms with E-state index in [9.17, 15) is 13.2 Å². The second kappa shape index (κ2) is 12.8. The van der Waals surface area contributed by atoms with Gasteiger partial charge in [-0.25, -0.2) is 13.4 Å². The van der Waals surface area contributed by atoms with Crippen molar-refractivity contribution in [3.05, 3.63) is 52.5 Å². The van der Waals surface area contributed by atoms with Crippen LogP contribution in [0.5, 0.6) is 0 Å². The van der Waals surface area contributed by atoms with Crippen LogP contribution in [0.2, 0.25) is 5.02 Å². The van der Waals surface area contributed by atoms with E-state index >= 15 is 0 Å². The van der Waals surface area contributed by atoms with E-state index in [-0.39, 0.29) is 43.2 Å². The topological polar surface area (TPSA) is 98.3 Å². The van der Waals surface area contributed by atoms with Gasteiger partial charge in [0.2, 0.25) is 10.0 Å². The number of thiazole rings is 1. The summed E-state index contributed by atoms with van der Waals surface area (Å²) in [6, 6.07) is 9.69. The molecule has 0 aliphatic carbocycles. The van der Waals surface area contributed by atoms with Crippen LogP contribution in [0.3, 0.4) is 0 Å². The molecule has 1 saturated heterocycles. The van der Waals surface area contributed by atoms with E-state index < -0.39 is 10.0 Å². The number of halogens is 1. The van der Waals surface area contributed by atoms with Crippen LogP contribution >= 0.6 is 22.9 Å². The Kier molecular flexibility index (Phi) is 9.74. The van der Waals surface area contributed by atoms with E-state index in [1.807, 2.05) is 19.1 Å². The van der Waals surface area contributed by atoms with E-state index in [1.54, 1.807) is 4.90 Å². The summed E-state index contributed by atoms with van der Waals surface area (Å²) >= 11 is 7.64. The Balaban J connectivity index is 1.63. The molecule has 0 saturated carbocycles. The van der Waals surface area contributed by atoms with Crippen LogP contribution in [-0.2, 0) is 24.2 Å². The summed E-state index contributed by atoms with van der Waals surface area (Å²) in [4.78, 5) is 20.2. The van der Waals surface area contributed by atoms with Crippen molar-refractivity contribution >= 4 is 54.2 Å². The fraction of sp³-hybridized carbons (Fsp3) is 0.462. The zero-order valence-corrected chi connectivity index (χ0v) is 24.1. The number of anilines is 1.